The summed E-state index contributed by atoms with van der Waals surface area (Å²) in [6.45, 7) is 1.43. The SMILES string of the molecule is Cc1ccc(NC(=O)CN2CN(c3ccc(F)cc3)c3ncccc3S2(=O)=O)cc1. The van der Waals surface area contributed by atoms with E-state index in [4.69, 9.17) is 0 Å². The highest BCUT2D eigenvalue weighted by molar-refractivity contribution is 7.89. The number of carbonyl (C=O) groups excluding carboxylic acids is 1. The molecule has 0 bridgehead atoms. The molecule has 0 aliphatic carbocycles. The van der Waals surface area contributed by atoms with Crippen LogP contribution in [0.15, 0.2) is 71.8 Å². The van der Waals surface area contributed by atoms with E-state index in [1.165, 1.54) is 42.6 Å². The quantitative estimate of drug-likeness (QED) is 0.692. The Morgan fingerprint density at radius 3 is 2.50 bits per heavy atom. The van der Waals surface area contributed by atoms with E-state index in [1.54, 1.807) is 17.0 Å². The lowest BCUT2D eigenvalue weighted by molar-refractivity contribution is -0.116. The zero-order chi connectivity index (χ0) is 21.3. The zero-order valence-electron chi connectivity index (χ0n) is 16.1. The Bertz CT molecular complexity index is 1180. The van der Waals surface area contributed by atoms with Crippen LogP contribution in [0, 0.1) is 12.7 Å². The molecule has 0 atom stereocenters. The van der Waals surface area contributed by atoms with E-state index in [1.807, 2.05) is 19.1 Å². The van der Waals surface area contributed by atoms with Crippen LogP contribution in [0.1, 0.15) is 5.56 Å². The highest BCUT2D eigenvalue weighted by Crippen LogP contribution is 2.35. The molecule has 1 amide bonds. The maximum absolute atomic E-state index is 13.4. The third-order valence-electron chi connectivity index (χ3n) is 4.72. The lowest BCUT2D eigenvalue weighted by atomic mass is 10.2. The smallest absolute Gasteiger partial charge is 0.248 e. The van der Waals surface area contributed by atoms with Gasteiger partial charge in [0.05, 0.1) is 13.2 Å². The summed E-state index contributed by atoms with van der Waals surface area (Å²) in [5, 5.41) is 2.71. The molecule has 1 aliphatic heterocycles. The standard InChI is InChI=1S/C21H19FN4O3S/c1-15-4-8-17(9-5-15)24-20(27)13-25-14-26(18-10-6-16(22)7-11-18)21-19(30(25,28)29)3-2-12-23-21/h2-12H,13-14H2,1H3,(H,24,27). The fraction of sp³-hybridized carbons (Fsp3) is 0.143. The number of aromatic nitrogens is 1. The van der Waals surface area contributed by atoms with Crippen LogP contribution in [0.2, 0.25) is 0 Å². The number of hydrogen-bond acceptors (Lipinski definition) is 5. The summed E-state index contributed by atoms with van der Waals surface area (Å²) < 4.78 is 40.6. The van der Waals surface area contributed by atoms with E-state index in [-0.39, 0.29) is 23.9 Å². The van der Waals surface area contributed by atoms with Crippen molar-refractivity contribution in [3.63, 3.8) is 0 Å². The van der Waals surface area contributed by atoms with Gasteiger partial charge >= 0.3 is 0 Å². The van der Waals surface area contributed by atoms with Crippen LogP contribution in [-0.4, -0.2) is 36.8 Å². The van der Waals surface area contributed by atoms with Crippen LogP contribution in [0.25, 0.3) is 0 Å². The second-order valence-corrected chi connectivity index (χ2v) is 8.81. The van der Waals surface area contributed by atoms with Crippen LogP contribution in [0.5, 0.6) is 0 Å². The summed E-state index contributed by atoms with van der Waals surface area (Å²) in [6, 6.07) is 15.8. The molecule has 154 valence electrons. The Balaban J connectivity index is 1.64. The van der Waals surface area contributed by atoms with Crippen LogP contribution >= 0.6 is 0 Å². The van der Waals surface area contributed by atoms with Crippen molar-refractivity contribution in [1.29, 1.82) is 0 Å². The zero-order valence-corrected chi connectivity index (χ0v) is 16.9. The normalized spacial score (nSPS) is 15.5. The van der Waals surface area contributed by atoms with Gasteiger partial charge in [-0.05, 0) is 55.5 Å². The number of sulfonamides is 1. The maximum Gasteiger partial charge on any atom is 0.248 e. The Kier molecular flexibility index (Phi) is 5.23. The average Bonchev–Trinajstić information content (AvgIpc) is 2.73. The molecule has 0 radical (unpaired) electrons. The molecule has 1 aliphatic rings. The van der Waals surface area contributed by atoms with Gasteiger partial charge < -0.3 is 10.2 Å². The Labute approximate surface area is 173 Å². The van der Waals surface area contributed by atoms with E-state index < -0.39 is 21.7 Å². The molecule has 3 aromatic rings. The van der Waals surface area contributed by atoms with Gasteiger partial charge in [0.1, 0.15) is 10.7 Å². The first kappa shape index (κ1) is 20.0. The van der Waals surface area contributed by atoms with Crippen LogP contribution < -0.4 is 10.2 Å². The number of halogens is 1. The molecule has 30 heavy (non-hydrogen) atoms. The number of pyridine rings is 1. The van der Waals surface area contributed by atoms with Crippen molar-refractivity contribution >= 4 is 33.1 Å². The highest BCUT2D eigenvalue weighted by Gasteiger charge is 2.37. The number of nitrogens with one attached hydrogen (secondary N) is 1. The molecule has 0 saturated heterocycles. The second kappa shape index (κ2) is 7.85. The summed E-state index contributed by atoms with van der Waals surface area (Å²) in [5.74, 6) is -0.632. The molecule has 1 N–H and O–H groups in total. The van der Waals surface area contributed by atoms with Gasteiger partial charge in [-0.1, -0.05) is 17.7 Å². The van der Waals surface area contributed by atoms with Crippen molar-refractivity contribution in [1.82, 2.24) is 9.29 Å². The first-order valence-electron chi connectivity index (χ1n) is 9.19. The van der Waals surface area contributed by atoms with Crippen molar-refractivity contribution in [3.8, 4) is 0 Å². The van der Waals surface area contributed by atoms with Crippen molar-refractivity contribution in [2.75, 3.05) is 23.4 Å². The van der Waals surface area contributed by atoms with Gasteiger partial charge in [-0.3, -0.25) is 4.79 Å². The van der Waals surface area contributed by atoms with Crippen molar-refractivity contribution in [3.05, 3.63) is 78.2 Å². The predicted octanol–water partition coefficient (Wildman–Crippen LogP) is 3.27. The summed E-state index contributed by atoms with van der Waals surface area (Å²) in [5.41, 5.74) is 2.19. The fourth-order valence-corrected chi connectivity index (χ4v) is 4.66. The van der Waals surface area contributed by atoms with Gasteiger partial charge in [-0.25, -0.2) is 17.8 Å². The molecular formula is C21H19FN4O3S. The predicted molar refractivity (Wildman–Crippen MR) is 111 cm³/mol. The minimum Gasteiger partial charge on any atom is -0.325 e. The number of aryl methyl sites for hydroxylation is 1. The molecule has 2 heterocycles. The molecule has 0 spiro atoms. The van der Waals surface area contributed by atoms with Crippen molar-refractivity contribution < 1.29 is 17.6 Å². The fourth-order valence-electron chi connectivity index (χ4n) is 3.18. The number of anilines is 3. The van der Waals surface area contributed by atoms with Crippen LogP contribution in [0.4, 0.5) is 21.6 Å². The van der Waals surface area contributed by atoms with Crippen molar-refractivity contribution in [2.45, 2.75) is 11.8 Å². The molecule has 0 unspecified atom stereocenters. The molecule has 4 rings (SSSR count). The van der Waals surface area contributed by atoms with E-state index in [0.717, 1.165) is 9.87 Å². The van der Waals surface area contributed by atoms with Gasteiger partial charge in [-0.15, -0.1) is 0 Å². The van der Waals surface area contributed by atoms with Gasteiger partial charge in [0, 0.05) is 17.6 Å². The number of nitrogens with zero attached hydrogens (tertiary/aromatic N) is 3. The summed E-state index contributed by atoms with van der Waals surface area (Å²) in [4.78, 5) is 18.4. The largest absolute Gasteiger partial charge is 0.325 e. The number of amides is 1. The number of fused-ring (bicyclic) bond motifs is 1. The third-order valence-corrected chi connectivity index (χ3v) is 6.52. The first-order valence-corrected chi connectivity index (χ1v) is 10.6. The van der Waals surface area contributed by atoms with E-state index in [0.29, 0.717) is 11.4 Å². The Morgan fingerprint density at radius 2 is 1.80 bits per heavy atom. The van der Waals surface area contributed by atoms with Crippen LogP contribution in [0.3, 0.4) is 0 Å². The number of carbonyl (C=O) groups is 1. The summed E-state index contributed by atoms with van der Waals surface area (Å²) in [6.07, 6.45) is 1.49. The third kappa shape index (κ3) is 3.89. The molecule has 0 fully saturated rings. The van der Waals surface area contributed by atoms with Gasteiger partial charge in [0.25, 0.3) is 0 Å². The number of benzene rings is 2. The highest BCUT2D eigenvalue weighted by atomic mass is 32.2. The molecule has 9 heteroatoms. The number of rotatable bonds is 4. The molecule has 0 saturated carbocycles. The molecule has 1 aromatic heterocycles. The minimum atomic E-state index is -3.93. The second-order valence-electron chi connectivity index (χ2n) is 6.90. The topological polar surface area (TPSA) is 82.6 Å². The van der Waals surface area contributed by atoms with E-state index in [2.05, 4.69) is 10.3 Å². The Morgan fingerprint density at radius 1 is 1.10 bits per heavy atom. The van der Waals surface area contributed by atoms with E-state index >= 15 is 0 Å². The lowest BCUT2D eigenvalue weighted by Gasteiger charge is -2.36. The molecular weight excluding hydrogens is 407 g/mol. The van der Waals surface area contributed by atoms with E-state index in [9.17, 15) is 17.6 Å². The minimum absolute atomic E-state index is 0.0105. The van der Waals surface area contributed by atoms with Gasteiger partial charge in [-0.2, -0.15) is 4.31 Å². The summed E-state index contributed by atoms with van der Waals surface area (Å²) in [7, 11) is -3.93. The lowest BCUT2D eigenvalue weighted by Crippen LogP contribution is -2.47. The van der Waals surface area contributed by atoms with Crippen LogP contribution in [-0.2, 0) is 14.8 Å². The number of hydrogen-bond donors (Lipinski definition) is 1. The average molecular weight is 426 g/mol. The molecule has 2 aromatic carbocycles. The Hall–Kier alpha value is -3.30. The van der Waals surface area contributed by atoms with Gasteiger partial charge in [0.15, 0.2) is 5.82 Å². The first-order chi connectivity index (χ1) is 14.3. The van der Waals surface area contributed by atoms with Crippen molar-refractivity contribution in [2.24, 2.45) is 0 Å². The molecule has 7 nitrogen and oxygen atoms in total. The monoisotopic (exact) mass is 426 g/mol. The maximum atomic E-state index is 13.4. The summed E-state index contributed by atoms with van der Waals surface area (Å²) >= 11 is 0. The van der Waals surface area contributed by atoms with Gasteiger partial charge in [0.2, 0.25) is 15.9 Å².